The SMILES string of the molecule is [CH2]=[Zr+2].[CH2]=[Zr+2].[Cl-].[Cl-].c1ccc2c(C(C3CCCC3)C3CCCC3)c[cH-]c2c1.c1ccc2c(C(C3CCCC3)C3CCCC3)c[cH-]c2c1.c1ccc2c(C(C3CCCC3)C3CCCC3)c[cH-]c2c1.c1ccc2c(C(C3CCCC3)C3CCCC3)c[cH-]c2c1. The van der Waals surface area contributed by atoms with Crippen LogP contribution in [0.2, 0.25) is 0 Å². The van der Waals surface area contributed by atoms with Crippen molar-refractivity contribution >= 4 is 51.5 Å². The standard InChI is InChI=1S/4C20H25.2CH2.2ClH.2Zr/c4*1-2-9-16(8-1)20(17-10-3-4-11-17)19-14-13-15-7-5-6-12-18(15)19;;;;;;/h4*5-7,12-14,16-17,20H,1-4,8-11H2;2*1H2;2*1H;;/q4*-1;;;;;2*+2/p-2. The molecule has 0 atom stereocenters. The van der Waals surface area contributed by atoms with E-state index in [4.69, 9.17) is 0 Å². The average molecular weight is 1340 g/mol. The molecule has 0 unspecified atom stereocenters. The third-order valence-corrected chi connectivity index (χ3v) is 23.6. The molecule has 86 heavy (non-hydrogen) atoms. The molecule has 0 N–H and O–H groups in total. The average Bonchev–Trinajstić information content (AvgIpc) is 4.20. The van der Waals surface area contributed by atoms with Gasteiger partial charge in [0.1, 0.15) is 0 Å². The zero-order valence-electron chi connectivity index (χ0n) is 52.6. The molecule has 0 aromatic heterocycles. The van der Waals surface area contributed by atoms with Crippen molar-refractivity contribution in [3.05, 3.63) is 168 Å². The van der Waals surface area contributed by atoms with Crippen LogP contribution >= 0.6 is 0 Å². The molecule has 0 saturated heterocycles. The topological polar surface area (TPSA) is 0 Å². The maximum absolute atomic E-state index is 3.34. The largest absolute Gasteiger partial charge is 1.00 e. The molecule has 0 heterocycles. The van der Waals surface area contributed by atoms with E-state index in [1.807, 2.05) is 0 Å². The minimum Gasteiger partial charge on any atom is -1.00 e. The zero-order valence-corrected chi connectivity index (χ0v) is 59.0. The van der Waals surface area contributed by atoms with Gasteiger partial charge in [0.15, 0.2) is 0 Å². The Morgan fingerprint density at radius 3 is 0.535 bits per heavy atom. The normalized spacial score (nSPS) is 20.1. The van der Waals surface area contributed by atoms with E-state index >= 15 is 0 Å². The first kappa shape index (κ1) is 67.8. The van der Waals surface area contributed by atoms with E-state index < -0.39 is 0 Å². The van der Waals surface area contributed by atoms with Crippen molar-refractivity contribution in [2.24, 2.45) is 47.3 Å². The molecule has 8 aliphatic carbocycles. The molecule has 0 aliphatic heterocycles. The van der Waals surface area contributed by atoms with E-state index in [2.05, 4.69) is 154 Å². The van der Waals surface area contributed by atoms with Gasteiger partial charge in [-0.2, -0.15) is 0 Å². The van der Waals surface area contributed by atoms with Crippen LogP contribution in [0.3, 0.4) is 0 Å². The van der Waals surface area contributed by atoms with Gasteiger partial charge in [-0.25, -0.2) is 0 Å². The molecule has 456 valence electrons. The molecule has 0 amide bonds. The Bertz CT molecular complexity index is 2680. The van der Waals surface area contributed by atoms with Gasteiger partial charge in [-0.1, -0.05) is 253 Å². The number of hydrogen-bond acceptors (Lipinski definition) is 0. The Kier molecular flexibility index (Phi) is 27.4. The molecule has 0 spiro atoms. The number of hydrogen-bond donors (Lipinski definition) is 0. The third-order valence-electron chi connectivity index (χ3n) is 23.6. The van der Waals surface area contributed by atoms with Gasteiger partial charge in [0.25, 0.3) is 0 Å². The van der Waals surface area contributed by atoms with Crippen molar-refractivity contribution in [3.63, 3.8) is 0 Å². The Morgan fingerprint density at radius 1 is 0.244 bits per heavy atom. The molecule has 0 nitrogen and oxygen atoms in total. The fourth-order valence-electron chi connectivity index (χ4n) is 20.0. The summed E-state index contributed by atoms with van der Waals surface area (Å²) < 4.78 is 6.68. The Morgan fingerprint density at radius 2 is 0.384 bits per heavy atom. The number of fused-ring (bicyclic) bond motifs is 4. The third kappa shape index (κ3) is 16.0. The summed E-state index contributed by atoms with van der Waals surface area (Å²) in [7, 11) is 0. The van der Waals surface area contributed by atoms with Crippen LogP contribution in [0.5, 0.6) is 0 Å². The molecular formula is C82H104Cl2Zr2-2. The van der Waals surface area contributed by atoms with Gasteiger partial charge < -0.3 is 24.8 Å². The molecule has 16 rings (SSSR count). The molecule has 4 heteroatoms. The van der Waals surface area contributed by atoms with E-state index in [0.29, 0.717) is 0 Å². The van der Waals surface area contributed by atoms with Crippen molar-refractivity contribution in [2.75, 3.05) is 0 Å². The van der Waals surface area contributed by atoms with Crippen molar-refractivity contribution in [3.8, 4) is 0 Å². The van der Waals surface area contributed by atoms with Crippen LogP contribution in [-0.2, 0) is 48.5 Å². The predicted molar refractivity (Wildman–Crippen MR) is 359 cm³/mol. The number of rotatable bonds is 12. The molecule has 8 aliphatic rings. The molecule has 8 aromatic rings. The maximum Gasteiger partial charge on any atom is -0.0430 e. The first-order valence-corrected chi connectivity index (χ1v) is 38.5. The van der Waals surface area contributed by atoms with Crippen LogP contribution < -0.4 is 24.8 Å². The summed E-state index contributed by atoms with van der Waals surface area (Å²) in [6.07, 6.45) is 47.0. The Balaban J connectivity index is 0.000000133. The van der Waals surface area contributed by atoms with Crippen LogP contribution in [0, 0.1) is 47.3 Å². The summed E-state index contributed by atoms with van der Waals surface area (Å²) in [6, 6.07) is 55.2. The van der Waals surface area contributed by atoms with Crippen molar-refractivity contribution in [1.82, 2.24) is 0 Å². The van der Waals surface area contributed by atoms with E-state index in [1.54, 1.807) is 22.3 Å². The van der Waals surface area contributed by atoms with Crippen LogP contribution in [0.1, 0.15) is 251 Å². The van der Waals surface area contributed by atoms with Crippen LogP contribution in [0.4, 0.5) is 0 Å². The first-order valence-electron chi connectivity index (χ1n) is 35.0. The minimum absolute atomic E-state index is 0. The van der Waals surface area contributed by atoms with Gasteiger partial charge in [-0.3, -0.25) is 0 Å². The van der Waals surface area contributed by atoms with Gasteiger partial charge >= 0.3 is 56.9 Å². The second-order valence-electron chi connectivity index (χ2n) is 28.0. The van der Waals surface area contributed by atoms with Crippen LogP contribution in [0.25, 0.3) is 43.1 Å². The predicted octanol–water partition coefficient (Wildman–Crippen LogP) is 18.0. The van der Waals surface area contributed by atoms with Crippen LogP contribution in [0.15, 0.2) is 146 Å². The van der Waals surface area contributed by atoms with Gasteiger partial charge in [0, 0.05) is 0 Å². The summed E-state index contributed by atoms with van der Waals surface area (Å²) in [5, 5.41) is 11.9. The van der Waals surface area contributed by atoms with Crippen molar-refractivity contribution in [1.29, 1.82) is 0 Å². The summed E-state index contributed by atoms with van der Waals surface area (Å²) in [6.45, 7) is 0. The van der Waals surface area contributed by atoms with Gasteiger partial charge in [0.2, 0.25) is 0 Å². The molecule has 8 fully saturated rings. The fraction of sp³-hybridized carbons (Fsp3) is 0.537. The smallest absolute Gasteiger partial charge is 0.0430 e. The van der Waals surface area contributed by atoms with Gasteiger partial charge in [-0.05, 0) is 47.3 Å². The van der Waals surface area contributed by atoms with E-state index in [9.17, 15) is 0 Å². The quantitative estimate of drug-likeness (QED) is 0.107. The van der Waals surface area contributed by atoms with Crippen molar-refractivity contribution in [2.45, 2.75) is 229 Å². The molecule has 0 bridgehead atoms. The summed E-state index contributed by atoms with van der Waals surface area (Å²) >= 11 is 2.60. The monoisotopic (exact) mass is 1340 g/mol. The Labute approximate surface area is 563 Å². The van der Waals surface area contributed by atoms with Crippen molar-refractivity contribution < 1.29 is 73.3 Å². The van der Waals surface area contributed by atoms with E-state index in [0.717, 1.165) is 71.0 Å². The second-order valence-corrected chi connectivity index (χ2v) is 28.0. The number of halogens is 2. The number of benzene rings is 4. The minimum atomic E-state index is 0. The molecule has 8 aromatic carbocycles. The fourth-order valence-corrected chi connectivity index (χ4v) is 20.0. The van der Waals surface area contributed by atoms with E-state index in [1.165, 1.54) is 297 Å². The zero-order chi connectivity index (χ0) is 57.5. The Hall–Kier alpha value is -2.59. The molecule has 8 saturated carbocycles. The van der Waals surface area contributed by atoms with Crippen LogP contribution in [-0.4, -0.2) is 8.42 Å². The summed E-state index contributed by atoms with van der Waals surface area (Å²) in [4.78, 5) is 0. The maximum atomic E-state index is 3.34. The van der Waals surface area contributed by atoms with Gasteiger partial charge in [0.05, 0.1) is 0 Å². The molecule has 0 radical (unpaired) electrons. The van der Waals surface area contributed by atoms with E-state index in [-0.39, 0.29) is 24.8 Å². The van der Waals surface area contributed by atoms with Gasteiger partial charge in [-0.15, -0.1) is 187 Å². The summed E-state index contributed by atoms with van der Waals surface area (Å²) in [5.41, 5.74) is 6.72. The summed E-state index contributed by atoms with van der Waals surface area (Å²) in [5.74, 6) is 11.1. The molecular weight excluding hydrogens is 1240 g/mol. The first-order chi connectivity index (χ1) is 41.7. The second kappa shape index (κ2) is 34.7.